The zero-order chi connectivity index (χ0) is 20.0. The molecule has 1 heterocycles. The van der Waals surface area contributed by atoms with E-state index in [0.29, 0.717) is 31.4 Å². The third kappa shape index (κ3) is 6.01. The Morgan fingerprint density at radius 1 is 1.14 bits per heavy atom. The van der Waals surface area contributed by atoms with Crippen molar-refractivity contribution >= 4 is 15.9 Å². The van der Waals surface area contributed by atoms with Crippen molar-refractivity contribution in [3.8, 4) is 0 Å². The normalized spacial score (nSPS) is 25.8. The quantitative estimate of drug-likeness (QED) is 0.570. The molecule has 156 valence electrons. The number of hydrogen-bond acceptors (Lipinski definition) is 5. The first-order valence-corrected chi connectivity index (χ1v) is 11.7. The third-order valence-corrected chi connectivity index (χ3v) is 6.94. The molecule has 2 fully saturated rings. The number of nitrogens with one attached hydrogen (secondary N) is 2. The maximum absolute atomic E-state index is 12.5. The van der Waals surface area contributed by atoms with Crippen LogP contribution in [-0.4, -0.2) is 50.8 Å². The molecule has 1 saturated heterocycles. The van der Waals surface area contributed by atoms with Gasteiger partial charge in [0.15, 0.2) is 0 Å². The predicted molar refractivity (Wildman–Crippen MR) is 106 cm³/mol. The molecular formula is C20H30N2O5S. The van der Waals surface area contributed by atoms with E-state index in [1.165, 1.54) is 0 Å². The summed E-state index contributed by atoms with van der Waals surface area (Å²) in [5.41, 5.74) is 0.715. The van der Waals surface area contributed by atoms with Gasteiger partial charge in [0, 0.05) is 12.5 Å². The molecule has 7 nitrogen and oxygen atoms in total. The van der Waals surface area contributed by atoms with Gasteiger partial charge in [-0.2, -0.15) is 0 Å². The standard InChI is InChI=1S/C20H30N2O5S/c23-13-19-18(22-28(25,26)14-15-5-2-1-3-6-15)10-9-17(27-19)11-12-21-20(24)16-7-4-8-16/h1-3,5-6,16-19,22-23H,4,7-14H2,(H,21,24)/t17-,18-,19-/m0/s1. The number of aliphatic hydroxyl groups excluding tert-OH is 1. The zero-order valence-electron chi connectivity index (χ0n) is 16.0. The molecule has 28 heavy (non-hydrogen) atoms. The highest BCUT2D eigenvalue weighted by Gasteiger charge is 2.33. The largest absolute Gasteiger partial charge is 0.394 e. The van der Waals surface area contributed by atoms with E-state index in [-0.39, 0.29) is 30.3 Å². The molecule has 1 aromatic carbocycles. The number of benzene rings is 1. The van der Waals surface area contributed by atoms with Crippen LogP contribution in [0.3, 0.4) is 0 Å². The molecule has 3 rings (SSSR count). The molecular weight excluding hydrogens is 380 g/mol. The van der Waals surface area contributed by atoms with Crippen molar-refractivity contribution in [2.75, 3.05) is 13.2 Å². The summed E-state index contributed by atoms with van der Waals surface area (Å²) in [6.07, 6.45) is 4.36. The SMILES string of the molecule is O=C(NCC[C@@H]1CC[C@H](NS(=O)(=O)Cc2ccccc2)[C@H](CO)O1)C1CCC1. The Labute approximate surface area is 166 Å². The van der Waals surface area contributed by atoms with Gasteiger partial charge in [0.05, 0.1) is 30.6 Å². The fourth-order valence-corrected chi connectivity index (χ4v) is 5.16. The molecule has 1 aliphatic heterocycles. The van der Waals surface area contributed by atoms with Crippen molar-refractivity contribution in [3.63, 3.8) is 0 Å². The second kappa shape index (κ2) is 9.82. The topological polar surface area (TPSA) is 105 Å². The molecule has 8 heteroatoms. The lowest BCUT2D eigenvalue weighted by Crippen LogP contribution is -2.51. The summed E-state index contributed by atoms with van der Waals surface area (Å²) in [5.74, 6) is 0.187. The lowest BCUT2D eigenvalue weighted by Gasteiger charge is -2.36. The summed E-state index contributed by atoms with van der Waals surface area (Å²) < 4.78 is 33.5. The second-order valence-corrected chi connectivity index (χ2v) is 9.49. The minimum absolute atomic E-state index is 0.0892. The second-order valence-electron chi connectivity index (χ2n) is 7.73. The van der Waals surface area contributed by atoms with Crippen LogP contribution < -0.4 is 10.0 Å². The number of rotatable bonds is 9. The summed E-state index contributed by atoms with van der Waals surface area (Å²) in [4.78, 5) is 11.9. The van der Waals surface area contributed by atoms with Gasteiger partial charge in [-0.1, -0.05) is 36.8 Å². The first-order chi connectivity index (χ1) is 13.5. The Bertz CT molecular complexity index is 736. The number of carbonyl (C=O) groups is 1. The number of ether oxygens (including phenoxy) is 1. The molecule has 3 atom stereocenters. The molecule has 0 unspecified atom stereocenters. The van der Waals surface area contributed by atoms with Crippen LogP contribution in [0.1, 0.15) is 44.1 Å². The van der Waals surface area contributed by atoms with Crippen molar-refractivity contribution in [2.45, 2.75) is 62.5 Å². The van der Waals surface area contributed by atoms with E-state index in [9.17, 15) is 18.3 Å². The van der Waals surface area contributed by atoms with Crippen LogP contribution in [-0.2, 0) is 25.3 Å². The van der Waals surface area contributed by atoms with E-state index in [4.69, 9.17) is 4.74 Å². The maximum atomic E-state index is 12.5. The number of amides is 1. The van der Waals surface area contributed by atoms with Gasteiger partial charge in [0.25, 0.3) is 0 Å². The maximum Gasteiger partial charge on any atom is 0.223 e. The van der Waals surface area contributed by atoms with Crippen molar-refractivity contribution in [3.05, 3.63) is 35.9 Å². The molecule has 0 radical (unpaired) electrons. The fourth-order valence-electron chi connectivity index (χ4n) is 3.72. The summed E-state index contributed by atoms with van der Waals surface area (Å²) in [6, 6.07) is 8.55. The summed E-state index contributed by atoms with van der Waals surface area (Å²) in [5, 5.41) is 12.6. The van der Waals surface area contributed by atoms with E-state index in [0.717, 1.165) is 19.3 Å². The summed E-state index contributed by atoms with van der Waals surface area (Å²) in [6.45, 7) is 0.298. The smallest absolute Gasteiger partial charge is 0.223 e. The molecule has 1 aliphatic carbocycles. The van der Waals surface area contributed by atoms with E-state index >= 15 is 0 Å². The van der Waals surface area contributed by atoms with Gasteiger partial charge >= 0.3 is 0 Å². The van der Waals surface area contributed by atoms with E-state index < -0.39 is 22.2 Å². The Morgan fingerprint density at radius 3 is 2.54 bits per heavy atom. The molecule has 2 aliphatic rings. The molecule has 1 amide bonds. The number of hydrogen-bond donors (Lipinski definition) is 3. The molecule has 0 spiro atoms. The van der Waals surface area contributed by atoms with Gasteiger partial charge in [0.1, 0.15) is 0 Å². The van der Waals surface area contributed by atoms with Gasteiger partial charge in [-0.05, 0) is 37.7 Å². The van der Waals surface area contributed by atoms with Gasteiger partial charge in [-0.25, -0.2) is 13.1 Å². The Kier molecular flexibility index (Phi) is 7.45. The third-order valence-electron chi connectivity index (χ3n) is 5.57. The lowest BCUT2D eigenvalue weighted by molar-refractivity contribution is -0.127. The van der Waals surface area contributed by atoms with E-state index in [1.54, 1.807) is 24.3 Å². The highest BCUT2D eigenvalue weighted by atomic mass is 32.2. The van der Waals surface area contributed by atoms with Crippen LogP contribution in [0.5, 0.6) is 0 Å². The van der Waals surface area contributed by atoms with Crippen molar-refractivity contribution in [1.29, 1.82) is 0 Å². The monoisotopic (exact) mass is 410 g/mol. The first kappa shape index (κ1) is 21.2. The number of carbonyl (C=O) groups excluding carboxylic acids is 1. The van der Waals surface area contributed by atoms with E-state index in [2.05, 4.69) is 10.0 Å². The first-order valence-electron chi connectivity index (χ1n) is 10.0. The predicted octanol–water partition coefficient (Wildman–Crippen LogP) is 1.32. The van der Waals surface area contributed by atoms with Crippen LogP contribution in [0.15, 0.2) is 30.3 Å². The molecule has 3 N–H and O–H groups in total. The van der Waals surface area contributed by atoms with Gasteiger partial charge in [0.2, 0.25) is 15.9 Å². The van der Waals surface area contributed by atoms with Gasteiger partial charge in [-0.3, -0.25) is 4.79 Å². The van der Waals surface area contributed by atoms with Crippen LogP contribution in [0, 0.1) is 5.92 Å². The van der Waals surface area contributed by atoms with E-state index in [1.807, 2.05) is 6.07 Å². The van der Waals surface area contributed by atoms with Crippen molar-refractivity contribution in [2.24, 2.45) is 5.92 Å². The number of sulfonamides is 1. The summed E-state index contributed by atoms with van der Waals surface area (Å²) in [7, 11) is -3.53. The molecule has 0 aromatic heterocycles. The molecule has 0 bridgehead atoms. The average molecular weight is 411 g/mol. The van der Waals surface area contributed by atoms with Crippen molar-refractivity contribution in [1.82, 2.24) is 10.0 Å². The highest BCUT2D eigenvalue weighted by Crippen LogP contribution is 2.26. The zero-order valence-corrected chi connectivity index (χ0v) is 16.9. The van der Waals surface area contributed by atoms with Crippen molar-refractivity contribution < 1.29 is 23.1 Å². The lowest BCUT2D eigenvalue weighted by atomic mass is 9.85. The van der Waals surface area contributed by atoms with Gasteiger partial charge < -0.3 is 15.2 Å². The average Bonchev–Trinajstić information content (AvgIpc) is 2.61. The highest BCUT2D eigenvalue weighted by molar-refractivity contribution is 7.88. The minimum Gasteiger partial charge on any atom is -0.394 e. The van der Waals surface area contributed by atoms with Crippen LogP contribution in [0.4, 0.5) is 0 Å². The fraction of sp³-hybridized carbons (Fsp3) is 0.650. The Balaban J connectivity index is 1.45. The van der Waals surface area contributed by atoms with Crippen LogP contribution in [0.25, 0.3) is 0 Å². The molecule has 1 saturated carbocycles. The number of aliphatic hydroxyl groups is 1. The van der Waals surface area contributed by atoms with Gasteiger partial charge in [-0.15, -0.1) is 0 Å². The van der Waals surface area contributed by atoms with Crippen LogP contribution >= 0.6 is 0 Å². The summed E-state index contributed by atoms with van der Waals surface area (Å²) >= 11 is 0. The minimum atomic E-state index is -3.53. The Hall–Kier alpha value is -1.48. The van der Waals surface area contributed by atoms with Crippen LogP contribution in [0.2, 0.25) is 0 Å². The Morgan fingerprint density at radius 2 is 1.89 bits per heavy atom. The molecule has 1 aromatic rings.